The minimum atomic E-state index is -3.53. The van der Waals surface area contributed by atoms with Gasteiger partial charge in [0.25, 0.3) is 10.0 Å². The summed E-state index contributed by atoms with van der Waals surface area (Å²) in [6, 6.07) is 16.8. The molecule has 29 heavy (non-hydrogen) atoms. The van der Waals surface area contributed by atoms with Crippen LogP contribution < -0.4 is 5.32 Å². The van der Waals surface area contributed by atoms with Gasteiger partial charge >= 0.3 is 0 Å². The maximum atomic E-state index is 12.7. The zero-order valence-corrected chi connectivity index (χ0v) is 17.9. The number of hydrogen-bond donors (Lipinski definition) is 1. The number of carbonyl (C=O) groups excluding carboxylic acids is 1. The molecule has 0 radical (unpaired) electrons. The van der Waals surface area contributed by atoms with Crippen LogP contribution in [0.4, 0.5) is 5.69 Å². The number of piperazine rings is 1. The Labute approximate surface area is 178 Å². The smallest absolute Gasteiger partial charge is 0.252 e. The lowest BCUT2D eigenvalue weighted by Crippen LogP contribution is -2.50. The summed E-state index contributed by atoms with van der Waals surface area (Å²) in [6.45, 7) is 1.92. The van der Waals surface area contributed by atoms with Crippen molar-refractivity contribution in [2.45, 2.75) is 4.21 Å². The van der Waals surface area contributed by atoms with Crippen LogP contribution in [0.3, 0.4) is 0 Å². The summed E-state index contributed by atoms with van der Waals surface area (Å²) in [7, 11) is -3.53. The fourth-order valence-corrected chi connectivity index (χ4v) is 6.48. The minimum absolute atomic E-state index is 0.109. The maximum Gasteiger partial charge on any atom is 0.252 e. The van der Waals surface area contributed by atoms with E-state index >= 15 is 0 Å². The lowest BCUT2D eigenvalue weighted by atomic mass is 10.1. The van der Waals surface area contributed by atoms with Gasteiger partial charge in [0.05, 0.1) is 10.9 Å². The van der Waals surface area contributed by atoms with Gasteiger partial charge in [-0.25, -0.2) is 8.42 Å². The van der Waals surface area contributed by atoms with Crippen LogP contribution in [-0.4, -0.2) is 56.3 Å². The van der Waals surface area contributed by atoms with Crippen molar-refractivity contribution < 1.29 is 13.2 Å². The Bertz CT molecular complexity index is 1130. The number of benzene rings is 2. The van der Waals surface area contributed by atoms with Crippen molar-refractivity contribution >= 4 is 55.3 Å². The van der Waals surface area contributed by atoms with Gasteiger partial charge in [-0.05, 0) is 23.6 Å². The van der Waals surface area contributed by atoms with E-state index in [4.69, 9.17) is 11.6 Å². The van der Waals surface area contributed by atoms with E-state index in [9.17, 15) is 13.2 Å². The van der Waals surface area contributed by atoms with Crippen molar-refractivity contribution in [2.75, 3.05) is 38.0 Å². The highest BCUT2D eigenvalue weighted by molar-refractivity contribution is 7.91. The van der Waals surface area contributed by atoms with Crippen LogP contribution in [0.2, 0.25) is 4.34 Å². The molecular formula is C20H20ClN3O3S2. The summed E-state index contributed by atoms with van der Waals surface area (Å²) >= 11 is 6.93. The first-order chi connectivity index (χ1) is 13.9. The molecule has 1 aromatic heterocycles. The number of thiophene rings is 1. The van der Waals surface area contributed by atoms with Gasteiger partial charge in [0.1, 0.15) is 4.21 Å². The predicted molar refractivity (Wildman–Crippen MR) is 117 cm³/mol. The first kappa shape index (κ1) is 20.3. The minimum Gasteiger partial charge on any atom is -0.324 e. The van der Waals surface area contributed by atoms with E-state index in [2.05, 4.69) is 5.32 Å². The number of rotatable bonds is 5. The molecule has 0 spiro atoms. The number of nitrogens with zero attached hydrogens (tertiary/aromatic N) is 2. The van der Waals surface area contributed by atoms with Gasteiger partial charge in [0, 0.05) is 37.3 Å². The van der Waals surface area contributed by atoms with Gasteiger partial charge in [0.2, 0.25) is 5.91 Å². The van der Waals surface area contributed by atoms with Crippen molar-refractivity contribution in [1.29, 1.82) is 0 Å². The molecule has 6 nitrogen and oxygen atoms in total. The maximum absolute atomic E-state index is 12.7. The largest absolute Gasteiger partial charge is 0.324 e. The van der Waals surface area contributed by atoms with Gasteiger partial charge < -0.3 is 5.32 Å². The molecule has 0 aliphatic carbocycles. The van der Waals surface area contributed by atoms with Crippen LogP contribution in [0.25, 0.3) is 10.8 Å². The third-order valence-electron chi connectivity index (χ3n) is 4.90. The van der Waals surface area contributed by atoms with Crippen LogP contribution in [-0.2, 0) is 14.8 Å². The van der Waals surface area contributed by atoms with Gasteiger partial charge in [-0.3, -0.25) is 9.69 Å². The Hall–Kier alpha value is -1.97. The van der Waals surface area contributed by atoms with E-state index in [1.807, 2.05) is 47.4 Å². The molecule has 1 saturated heterocycles. The fourth-order valence-electron chi connectivity index (χ4n) is 3.42. The van der Waals surface area contributed by atoms with E-state index in [0.717, 1.165) is 27.8 Å². The summed E-state index contributed by atoms with van der Waals surface area (Å²) < 4.78 is 27.5. The number of nitrogens with one attached hydrogen (secondary N) is 1. The van der Waals surface area contributed by atoms with Gasteiger partial charge in [-0.15, -0.1) is 11.3 Å². The number of fused-ring (bicyclic) bond motifs is 1. The number of anilines is 1. The van der Waals surface area contributed by atoms with E-state index in [1.165, 1.54) is 10.4 Å². The molecule has 1 N–H and O–H groups in total. The number of carbonyl (C=O) groups is 1. The van der Waals surface area contributed by atoms with Crippen molar-refractivity contribution in [2.24, 2.45) is 0 Å². The zero-order chi connectivity index (χ0) is 20.4. The number of amides is 1. The third kappa shape index (κ3) is 4.46. The van der Waals surface area contributed by atoms with Crippen LogP contribution in [0.1, 0.15) is 0 Å². The summed E-state index contributed by atoms with van der Waals surface area (Å²) in [5.41, 5.74) is 0.781. The second kappa shape index (κ2) is 8.41. The molecule has 0 bridgehead atoms. The Kier molecular flexibility index (Phi) is 5.89. The number of sulfonamides is 1. The lowest BCUT2D eigenvalue weighted by Gasteiger charge is -2.33. The molecule has 1 fully saturated rings. The molecule has 1 aliphatic heterocycles. The van der Waals surface area contributed by atoms with E-state index in [1.54, 1.807) is 6.07 Å². The monoisotopic (exact) mass is 449 g/mol. The Morgan fingerprint density at radius 1 is 1.00 bits per heavy atom. The first-order valence-corrected chi connectivity index (χ1v) is 11.8. The van der Waals surface area contributed by atoms with E-state index < -0.39 is 10.0 Å². The molecular weight excluding hydrogens is 430 g/mol. The van der Waals surface area contributed by atoms with Crippen LogP contribution in [0.5, 0.6) is 0 Å². The van der Waals surface area contributed by atoms with Gasteiger partial charge in [0.15, 0.2) is 0 Å². The molecule has 0 saturated carbocycles. The summed E-state index contributed by atoms with van der Waals surface area (Å²) in [5.74, 6) is -0.109. The zero-order valence-electron chi connectivity index (χ0n) is 15.5. The van der Waals surface area contributed by atoms with Crippen molar-refractivity contribution in [1.82, 2.24) is 9.21 Å². The lowest BCUT2D eigenvalue weighted by molar-refractivity contribution is -0.117. The molecule has 152 valence electrons. The SMILES string of the molecule is O=C(CN1CCN(S(=O)(=O)c2ccc(Cl)s2)CC1)Nc1cccc2ccccc12. The summed E-state index contributed by atoms with van der Waals surface area (Å²) in [6.07, 6.45) is 0. The topological polar surface area (TPSA) is 69.7 Å². The van der Waals surface area contributed by atoms with Gasteiger partial charge in [-0.1, -0.05) is 48.0 Å². The molecule has 2 aromatic carbocycles. The van der Waals surface area contributed by atoms with Crippen molar-refractivity contribution in [3.63, 3.8) is 0 Å². The van der Waals surface area contributed by atoms with E-state index in [-0.39, 0.29) is 16.7 Å². The second-order valence-corrected chi connectivity index (χ2v) is 10.7. The second-order valence-electron chi connectivity index (χ2n) is 6.81. The van der Waals surface area contributed by atoms with E-state index in [0.29, 0.717) is 30.5 Å². The predicted octanol–water partition coefficient (Wildman–Crippen LogP) is 3.50. The number of hydrogen-bond acceptors (Lipinski definition) is 5. The highest BCUT2D eigenvalue weighted by Gasteiger charge is 2.30. The average Bonchev–Trinajstić information content (AvgIpc) is 3.16. The van der Waals surface area contributed by atoms with Gasteiger partial charge in [-0.2, -0.15) is 4.31 Å². The summed E-state index contributed by atoms with van der Waals surface area (Å²) in [5, 5.41) is 5.04. The molecule has 0 atom stereocenters. The molecule has 3 aromatic rings. The average molecular weight is 450 g/mol. The van der Waals surface area contributed by atoms with Crippen LogP contribution in [0.15, 0.2) is 58.8 Å². The molecule has 1 amide bonds. The first-order valence-electron chi connectivity index (χ1n) is 9.19. The fraction of sp³-hybridized carbons (Fsp3) is 0.250. The third-order valence-corrected chi connectivity index (χ3v) is 8.50. The highest BCUT2D eigenvalue weighted by atomic mass is 35.5. The molecule has 0 unspecified atom stereocenters. The Morgan fingerprint density at radius 3 is 2.45 bits per heavy atom. The van der Waals surface area contributed by atoms with Crippen molar-refractivity contribution in [3.8, 4) is 0 Å². The molecule has 2 heterocycles. The standard InChI is InChI=1S/C20H20ClN3O3S2/c21-18-8-9-20(28-18)29(26,27)24-12-10-23(11-13-24)14-19(25)22-17-7-3-5-15-4-1-2-6-16(15)17/h1-9H,10-14H2,(H,22,25). The highest BCUT2D eigenvalue weighted by Crippen LogP contribution is 2.28. The van der Waals surface area contributed by atoms with Crippen molar-refractivity contribution in [3.05, 3.63) is 58.9 Å². The Balaban J connectivity index is 1.35. The summed E-state index contributed by atoms with van der Waals surface area (Å²) in [4.78, 5) is 14.5. The Morgan fingerprint density at radius 2 is 1.72 bits per heavy atom. The van der Waals surface area contributed by atoms with Crippen LogP contribution >= 0.6 is 22.9 Å². The molecule has 9 heteroatoms. The normalized spacial score (nSPS) is 16.2. The quantitative estimate of drug-likeness (QED) is 0.647. The number of halogens is 1. The van der Waals surface area contributed by atoms with Crippen LogP contribution in [0, 0.1) is 0 Å². The molecule has 4 rings (SSSR count). The molecule has 1 aliphatic rings.